The predicted molar refractivity (Wildman–Crippen MR) is 68.9 cm³/mol. The van der Waals surface area contributed by atoms with Crippen molar-refractivity contribution in [3.8, 4) is 0 Å². The Bertz CT molecular complexity index is 673. The fourth-order valence-corrected chi connectivity index (χ4v) is 2.18. The smallest absolute Gasteiger partial charge is 0.197 e. The molecule has 2 rings (SSSR count). The first kappa shape index (κ1) is 14.1. The second-order valence-electron chi connectivity index (χ2n) is 3.68. The molecular formula is C13H5BrClF3O. The maximum atomic E-state index is 13.6. The van der Waals surface area contributed by atoms with Gasteiger partial charge in [0.25, 0.3) is 0 Å². The highest BCUT2D eigenvalue weighted by molar-refractivity contribution is 9.10. The van der Waals surface area contributed by atoms with Crippen LogP contribution in [-0.2, 0) is 0 Å². The topological polar surface area (TPSA) is 17.1 Å². The van der Waals surface area contributed by atoms with Crippen LogP contribution in [0.1, 0.15) is 15.9 Å². The van der Waals surface area contributed by atoms with Crippen LogP contribution in [0.5, 0.6) is 0 Å². The van der Waals surface area contributed by atoms with Crippen molar-refractivity contribution in [2.75, 3.05) is 0 Å². The Labute approximate surface area is 120 Å². The quantitative estimate of drug-likeness (QED) is 0.565. The normalized spacial score (nSPS) is 10.6. The zero-order valence-electron chi connectivity index (χ0n) is 9.18. The summed E-state index contributed by atoms with van der Waals surface area (Å²) in [5.74, 6) is -3.88. The van der Waals surface area contributed by atoms with Gasteiger partial charge >= 0.3 is 0 Å². The molecule has 19 heavy (non-hydrogen) atoms. The summed E-state index contributed by atoms with van der Waals surface area (Å²) >= 11 is 8.36. The fourth-order valence-electron chi connectivity index (χ4n) is 1.52. The van der Waals surface area contributed by atoms with E-state index in [9.17, 15) is 18.0 Å². The van der Waals surface area contributed by atoms with Gasteiger partial charge in [0.1, 0.15) is 5.82 Å². The molecule has 1 nitrogen and oxygen atoms in total. The molecule has 98 valence electrons. The maximum Gasteiger partial charge on any atom is 0.197 e. The summed E-state index contributed by atoms with van der Waals surface area (Å²) in [4.78, 5) is 12.1. The van der Waals surface area contributed by atoms with E-state index in [0.717, 1.165) is 18.2 Å². The van der Waals surface area contributed by atoms with Gasteiger partial charge in [-0.3, -0.25) is 4.79 Å². The second kappa shape index (κ2) is 5.35. The van der Waals surface area contributed by atoms with Crippen LogP contribution in [0.15, 0.2) is 34.8 Å². The van der Waals surface area contributed by atoms with Crippen LogP contribution >= 0.6 is 27.5 Å². The molecule has 0 amide bonds. The third-order valence-corrected chi connectivity index (χ3v) is 3.47. The van der Waals surface area contributed by atoms with E-state index >= 15 is 0 Å². The van der Waals surface area contributed by atoms with Crippen molar-refractivity contribution >= 4 is 33.3 Å². The van der Waals surface area contributed by atoms with Gasteiger partial charge in [-0.2, -0.15) is 0 Å². The lowest BCUT2D eigenvalue weighted by molar-refractivity contribution is 0.103. The van der Waals surface area contributed by atoms with Gasteiger partial charge in [-0.15, -0.1) is 0 Å². The Morgan fingerprint density at radius 3 is 2.26 bits per heavy atom. The van der Waals surface area contributed by atoms with Crippen molar-refractivity contribution in [1.29, 1.82) is 0 Å². The molecule has 0 radical (unpaired) electrons. The minimum absolute atomic E-state index is 0.137. The summed E-state index contributed by atoms with van der Waals surface area (Å²) in [6, 6.07) is 5.39. The number of halogens is 5. The number of rotatable bonds is 2. The summed E-state index contributed by atoms with van der Waals surface area (Å²) in [6.45, 7) is 0. The van der Waals surface area contributed by atoms with E-state index in [2.05, 4.69) is 15.9 Å². The molecule has 0 saturated heterocycles. The molecule has 0 bridgehead atoms. The SMILES string of the molecule is O=C(c1ccc(Cl)cc1F)c1ccc(F)c(F)c1Br. The van der Waals surface area contributed by atoms with Crippen LogP contribution < -0.4 is 0 Å². The maximum absolute atomic E-state index is 13.6. The third kappa shape index (κ3) is 2.67. The lowest BCUT2D eigenvalue weighted by Gasteiger charge is -2.06. The molecule has 0 fully saturated rings. The molecule has 0 unspecified atom stereocenters. The Morgan fingerprint density at radius 1 is 1.00 bits per heavy atom. The standard InChI is InChI=1S/C13H5BrClF3O/c14-11-8(3-4-9(16)12(11)18)13(19)7-2-1-6(15)5-10(7)17/h1-5H. The van der Waals surface area contributed by atoms with Crippen LogP contribution in [0, 0.1) is 17.5 Å². The van der Waals surface area contributed by atoms with Crippen LogP contribution in [-0.4, -0.2) is 5.78 Å². The van der Waals surface area contributed by atoms with E-state index in [1.54, 1.807) is 0 Å². The first-order valence-corrected chi connectivity index (χ1v) is 6.22. The predicted octanol–water partition coefficient (Wildman–Crippen LogP) is 4.75. The van der Waals surface area contributed by atoms with Crippen molar-refractivity contribution < 1.29 is 18.0 Å². The first-order chi connectivity index (χ1) is 8.91. The Kier molecular flexibility index (Phi) is 3.96. The minimum Gasteiger partial charge on any atom is -0.288 e. The van der Waals surface area contributed by atoms with Crippen molar-refractivity contribution in [3.05, 3.63) is 68.4 Å². The molecule has 2 aromatic rings. The summed E-state index contributed by atoms with van der Waals surface area (Å²) in [7, 11) is 0. The Morgan fingerprint density at radius 2 is 1.63 bits per heavy atom. The van der Waals surface area contributed by atoms with Gasteiger partial charge in [0.05, 0.1) is 10.0 Å². The molecule has 0 aliphatic carbocycles. The van der Waals surface area contributed by atoms with Crippen molar-refractivity contribution in [2.45, 2.75) is 0 Å². The van der Waals surface area contributed by atoms with Crippen molar-refractivity contribution in [2.24, 2.45) is 0 Å². The number of ketones is 1. The highest BCUT2D eigenvalue weighted by Crippen LogP contribution is 2.26. The lowest BCUT2D eigenvalue weighted by atomic mass is 10.0. The molecule has 0 N–H and O–H groups in total. The largest absolute Gasteiger partial charge is 0.288 e. The molecule has 0 aromatic heterocycles. The number of carbonyl (C=O) groups excluding carboxylic acids is 1. The summed E-state index contributed by atoms with van der Waals surface area (Å²) in [6.07, 6.45) is 0. The molecule has 6 heteroatoms. The first-order valence-electron chi connectivity index (χ1n) is 5.05. The zero-order chi connectivity index (χ0) is 14.2. The fraction of sp³-hybridized carbons (Fsp3) is 0. The molecular weight excluding hydrogens is 344 g/mol. The molecule has 0 saturated carbocycles. The van der Waals surface area contributed by atoms with Gasteiger partial charge < -0.3 is 0 Å². The number of hydrogen-bond acceptors (Lipinski definition) is 1. The molecule has 0 aliphatic rings. The van der Waals surface area contributed by atoms with Gasteiger partial charge in [-0.25, -0.2) is 13.2 Å². The monoisotopic (exact) mass is 348 g/mol. The average Bonchev–Trinajstić information content (AvgIpc) is 2.35. The van der Waals surface area contributed by atoms with E-state index in [4.69, 9.17) is 11.6 Å². The van der Waals surface area contributed by atoms with E-state index in [-0.39, 0.29) is 20.6 Å². The molecule has 0 aliphatic heterocycles. The Hall–Kier alpha value is -1.33. The van der Waals surface area contributed by atoms with E-state index in [0.29, 0.717) is 0 Å². The van der Waals surface area contributed by atoms with Crippen LogP contribution in [0.3, 0.4) is 0 Å². The van der Waals surface area contributed by atoms with Gasteiger partial charge in [0.15, 0.2) is 17.4 Å². The van der Waals surface area contributed by atoms with Gasteiger partial charge in [0.2, 0.25) is 0 Å². The highest BCUT2D eigenvalue weighted by Gasteiger charge is 2.20. The van der Waals surface area contributed by atoms with Crippen molar-refractivity contribution in [1.82, 2.24) is 0 Å². The summed E-state index contributed by atoms with van der Waals surface area (Å²) in [5.41, 5.74) is -0.434. The minimum atomic E-state index is -1.19. The average molecular weight is 350 g/mol. The van der Waals surface area contributed by atoms with Crippen LogP contribution in [0.2, 0.25) is 5.02 Å². The van der Waals surface area contributed by atoms with Gasteiger partial charge in [-0.05, 0) is 46.3 Å². The number of benzene rings is 2. The van der Waals surface area contributed by atoms with E-state index < -0.39 is 23.2 Å². The third-order valence-electron chi connectivity index (χ3n) is 2.46. The Balaban J connectivity index is 2.53. The molecule has 0 heterocycles. The number of hydrogen-bond donors (Lipinski definition) is 0. The highest BCUT2D eigenvalue weighted by atomic mass is 79.9. The molecule has 0 spiro atoms. The zero-order valence-corrected chi connectivity index (χ0v) is 11.5. The van der Waals surface area contributed by atoms with Crippen molar-refractivity contribution in [3.63, 3.8) is 0 Å². The van der Waals surface area contributed by atoms with E-state index in [1.807, 2.05) is 0 Å². The summed E-state index contributed by atoms with van der Waals surface area (Å²) < 4.78 is 39.6. The lowest BCUT2D eigenvalue weighted by Crippen LogP contribution is -2.07. The van der Waals surface area contributed by atoms with E-state index in [1.165, 1.54) is 12.1 Å². The molecule has 0 atom stereocenters. The summed E-state index contributed by atoms with van der Waals surface area (Å²) in [5, 5.41) is 0.137. The number of carbonyl (C=O) groups is 1. The van der Waals surface area contributed by atoms with Gasteiger partial charge in [0, 0.05) is 10.6 Å². The van der Waals surface area contributed by atoms with Crippen LogP contribution in [0.25, 0.3) is 0 Å². The van der Waals surface area contributed by atoms with Gasteiger partial charge in [-0.1, -0.05) is 11.6 Å². The second-order valence-corrected chi connectivity index (χ2v) is 4.91. The van der Waals surface area contributed by atoms with Crippen LogP contribution in [0.4, 0.5) is 13.2 Å². The molecule has 2 aromatic carbocycles.